The summed E-state index contributed by atoms with van der Waals surface area (Å²) in [4.78, 5) is 4.65. The zero-order valence-electron chi connectivity index (χ0n) is 11.3. The number of hydrogen-bond acceptors (Lipinski definition) is 3. The predicted octanol–water partition coefficient (Wildman–Crippen LogP) is 2.16. The van der Waals surface area contributed by atoms with Crippen molar-refractivity contribution in [3.8, 4) is 5.75 Å². The smallest absolute Gasteiger partial charge is 0.115 e. The molecule has 96 valence electrons. The monoisotopic (exact) mass is 236 g/mol. The van der Waals surface area contributed by atoms with Crippen molar-refractivity contribution in [1.29, 1.82) is 0 Å². The van der Waals surface area contributed by atoms with Crippen LogP contribution in [0.1, 0.15) is 19.4 Å². The summed E-state index contributed by atoms with van der Waals surface area (Å²) in [6.07, 6.45) is 0. The van der Waals surface area contributed by atoms with Gasteiger partial charge in [-0.2, -0.15) is 0 Å². The SMILES string of the molecule is CCN(Cc1ccc(O)cc1)C(C)CN(C)C. The molecule has 0 saturated carbocycles. The first kappa shape index (κ1) is 14.0. The molecule has 0 fully saturated rings. The standard InChI is InChI=1S/C14H24N2O/c1-5-16(12(2)10-15(3)4)11-13-6-8-14(17)9-7-13/h6-9,12,17H,5,10-11H2,1-4H3. The van der Waals surface area contributed by atoms with E-state index in [-0.39, 0.29) is 0 Å². The van der Waals surface area contributed by atoms with Crippen LogP contribution in [0, 0.1) is 0 Å². The minimum atomic E-state index is 0.332. The Labute approximate surface area is 105 Å². The van der Waals surface area contributed by atoms with Gasteiger partial charge in [0, 0.05) is 19.1 Å². The minimum Gasteiger partial charge on any atom is -0.508 e. The quantitative estimate of drug-likeness (QED) is 0.820. The largest absolute Gasteiger partial charge is 0.508 e. The van der Waals surface area contributed by atoms with Gasteiger partial charge in [-0.25, -0.2) is 0 Å². The highest BCUT2D eigenvalue weighted by atomic mass is 16.3. The molecule has 1 N–H and O–H groups in total. The molecule has 1 aromatic carbocycles. The lowest BCUT2D eigenvalue weighted by molar-refractivity contribution is 0.174. The Morgan fingerprint density at radius 3 is 2.24 bits per heavy atom. The molecule has 0 bridgehead atoms. The fourth-order valence-corrected chi connectivity index (χ4v) is 2.06. The van der Waals surface area contributed by atoms with E-state index in [1.54, 1.807) is 12.1 Å². The van der Waals surface area contributed by atoms with Gasteiger partial charge in [0.15, 0.2) is 0 Å². The van der Waals surface area contributed by atoms with Crippen LogP contribution in [0.15, 0.2) is 24.3 Å². The maximum Gasteiger partial charge on any atom is 0.115 e. The third-order valence-corrected chi connectivity index (χ3v) is 2.98. The first-order valence-electron chi connectivity index (χ1n) is 6.19. The van der Waals surface area contributed by atoms with Crippen molar-refractivity contribution in [2.24, 2.45) is 0 Å². The van der Waals surface area contributed by atoms with Crippen LogP contribution in [0.2, 0.25) is 0 Å². The number of benzene rings is 1. The van der Waals surface area contributed by atoms with Crippen molar-refractivity contribution in [3.05, 3.63) is 29.8 Å². The molecular formula is C14H24N2O. The van der Waals surface area contributed by atoms with Gasteiger partial charge in [-0.3, -0.25) is 4.90 Å². The Hall–Kier alpha value is -1.06. The first-order chi connectivity index (χ1) is 8.02. The third kappa shape index (κ3) is 4.75. The zero-order valence-corrected chi connectivity index (χ0v) is 11.3. The van der Waals surface area contributed by atoms with Crippen molar-refractivity contribution in [1.82, 2.24) is 9.80 Å². The number of phenolic OH excluding ortho intramolecular Hbond substituents is 1. The molecule has 0 aliphatic carbocycles. The summed E-state index contributed by atoms with van der Waals surface area (Å²) in [6.45, 7) is 7.48. The summed E-state index contributed by atoms with van der Waals surface area (Å²) in [6, 6.07) is 8.00. The molecule has 0 amide bonds. The van der Waals surface area contributed by atoms with Crippen LogP contribution in [-0.2, 0) is 6.54 Å². The van der Waals surface area contributed by atoms with Gasteiger partial charge in [-0.1, -0.05) is 19.1 Å². The number of rotatable bonds is 6. The summed E-state index contributed by atoms with van der Waals surface area (Å²) < 4.78 is 0. The van der Waals surface area contributed by atoms with Crippen LogP contribution in [0.3, 0.4) is 0 Å². The Morgan fingerprint density at radius 2 is 1.76 bits per heavy atom. The number of nitrogens with zero attached hydrogens (tertiary/aromatic N) is 2. The van der Waals surface area contributed by atoms with Gasteiger partial charge in [0.25, 0.3) is 0 Å². The van der Waals surface area contributed by atoms with Gasteiger partial charge in [0.2, 0.25) is 0 Å². The minimum absolute atomic E-state index is 0.332. The van der Waals surface area contributed by atoms with Crippen molar-refractivity contribution < 1.29 is 5.11 Å². The summed E-state index contributed by atoms with van der Waals surface area (Å²) in [5, 5.41) is 9.26. The van der Waals surface area contributed by atoms with Gasteiger partial charge in [0.1, 0.15) is 5.75 Å². The molecule has 0 aromatic heterocycles. The molecule has 0 aliphatic heterocycles. The van der Waals surface area contributed by atoms with Crippen LogP contribution in [0.5, 0.6) is 5.75 Å². The molecule has 1 aromatic rings. The molecule has 0 aliphatic rings. The van der Waals surface area contributed by atoms with Crippen LogP contribution < -0.4 is 0 Å². The summed E-state index contributed by atoms with van der Waals surface area (Å²) in [5.41, 5.74) is 1.25. The molecule has 1 rings (SSSR count). The average molecular weight is 236 g/mol. The molecule has 0 heterocycles. The topological polar surface area (TPSA) is 26.7 Å². The van der Waals surface area contributed by atoms with Gasteiger partial charge in [-0.05, 0) is 45.3 Å². The van der Waals surface area contributed by atoms with Crippen LogP contribution in [-0.4, -0.2) is 48.1 Å². The predicted molar refractivity (Wildman–Crippen MR) is 72.2 cm³/mol. The third-order valence-electron chi connectivity index (χ3n) is 2.98. The number of aromatic hydroxyl groups is 1. The molecular weight excluding hydrogens is 212 g/mol. The van der Waals surface area contributed by atoms with Crippen molar-refractivity contribution >= 4 is 0 Å². The Morgan fingerprint density at radius 1 is 1.18 bits per heavy atom. The lowest BCUT2D eigenvalue weighted by atomic mass is 10.1. The van der Waals surface area contributed by atoms with E-state index in [1.165, 1.54) is 5.56 Å². The van der Waals surface area contributed by atoms with E-state index in [0.717, 1.165) is 19.6 Å². The summed E-state index contributed by atoms with van der Waals surface area (Å²) >= 11 is 0. The van der Waals surface area contributed by atoms with E-state index in [4.69, 9.17) is 0 Å². The fraction of sp³-hybridized carbons (Fsp3) is 0.571. The van der Waals surface area contributed by atoms with Crippen molar-refractivity contribution in [3.63, 3.8) is 0 Å². The molecule has 0 saturated heterocycles. The van der Waals surface area contributed by atoms with Crippen LogP contribution in [0.25, 0.3) is 0 Å². The van der Waals surface area contributed by atoms with Gasteiger partial charge in [-0.15, -0.1) is 0 Å². The molecule has 1 unspecified atom stereocenters. The lowest BCUT2D eigenvalue weighted by Gasteiger charge is -2.30. The van der Waals surface area contributed by atoms with Gasteiger partial charge >= 0.3 is 0 Å². The van der Waals surface area contributed by atoms with E-state index < -0.39 is 0 Å². The fourth-order valence-electron chi connectivity index (χ4n) is 2.06. The zero-order chi connectivity index (χ0) is 12.8. The van der Waals surface area contributed by atoms with E-state index in [1.807, 2.05) is 12.1 Å². The molecule has 3 heteroatoms. The number of phenols is 1. The number of hydrogen-bond donors (Lipinski definition) is 1. The molecule has 0 radical (unpaired) electrons. The Bertz CT molecular complexity index is 321. The molecule has 3 nitrogen and oxygen atoms in total. The Balaban J connectivity index is 2.59. The second-order valence-corrected chi connectivity index (χ2v) is 4.84. The summed E-state index contributed by atoms with van der Waals surface area (Å²) in [5.74, 6) is 0.332. The lowest BCUT2D eigenvalue weighted by Crippen LogP contribution is -2.39. The molecule has 1 atom stereocenters. The average Bonchev–Trinajstić information content (AvgIpc) is 2.27. The van der Waals surface area contributed by atoms with E-state index in [9.17, 15) is 5.11 Å². The summed E-state index contributed by atoms with van der Waals surface area (Å²) in [7, 11) is 4.20. The highest BCUT2D eigenvalue weighted by Crippen LogP contribution is 2.13. The highest BCUT2D eigenvalue weighted by Gasteiger charge is 2.13. The first-order valence-corrected chi connectivity index (χ1v) is 6.19. The van der Waals surface area contributed by atoms with Crippen molar-refractivity contribution in [2.45, 2.75) is 26.4 Å². The highest BCUT2D eigenvalue weighted by molar-refractivity contribution is 5.25. The van der Waals surface area contributed by atoms with Gasteiger partial charge < -0.3 is 10.0 Å². The second kappa shape index (κ2) is 6.62. The number of likely N-dealkylation sites (N-methyl/N-ethyl adjacent to an activating group) is 2. The normalized spacial score (nSPS) is 13.3. The Kier molecular flexibility index (Phi) is 5.45. The second-order valence-electron chi connectivity index (χ2n) is 4.84. The van der Waals surface area contributed by atoms with Crippen LogP contribution in [0.4, 0.5) is 0 Å². The van der Waals surface area contributed by atoms with Crippen molar-refractivity contribution in [2.75, 3.05) is 27.2 Å². The van der Waals surface area contributed by atoms with Crippen LogP contribution >= 0.6 is 0 Å². The van der Waals surface area contributed by atoms with E-state index in [0.29, 0.717) is 11.8 Å². The van der Waals surface area contributed by atoms with E-state index >= 15 is 0 Å². The van der Waals surface area contributed by atoms with E-state index in [2.05, 4.69) is 37.7 Å². The molecule has 17 heavy (non-hydrogen) atoms. The van der Waals surface area contributed by atoms with Gasteiger partial charge in [0.05, 0.1) is 0 Å². The maximum absolute atomic E-state index is 9.26. The maximum atomic E-state index is 9.26. The molecule has 0 spiro atoms.